The van der Waals surface area contributed by atoms with Gasteiger partial charge in [0.2, 0.25) is 5.91 Å². The summed E-state index contributed by atoms with van der Waals surface area (Å²) in [4.78, 5) is 40.6. The first-order chi connectivity index (χ1) is 12.9. The highest BCUT2D eigenvalue weighted by atomic mass is 16.4. The summed E-state index contributed by atoms with van der Waals surface area (Å²) >= 11 is 0. The van der Waals surface area contributed by atoms with Crippen molar-refractivity contribution in [2.45, 2.75) is 57.2 Å². The van der Waals surface area contributed by atoms with Crippen molar-refractivity contribution in [3.63, 3.8) is 0 Å². The van der Waals surface area contributed by atoms with E-state index >= 15 is 0 Å². The average molecular weight is 371 g/mol. The summed E-state index contributed by atoms with van der Waals surface area (Å²) in [6.07, 6.45) is 4.52. The summed E-state index contributed by atoms with van der Waals surface area (Å²) in [6, 6.07) is 4.18. The maximum absolute atomic E-state index is 13.3. The van der Waals surface area contributed by atoms with Crippen LogP contribution in [0.15, 0.2) is 18.2 Å². The molecule has 2 N–H and O–H groups in total. The van der Waals surface area contributed by atoms with Gasteiger partial charge in [0.25, 0.3) is 5.91 Å². The van der Waals surface area contributed by atoms with Gasteiger partial charge >= 0.3 is 5.97 Å². The number of likely N-dealkylation sites (N-methyl/N-ethyl adjacent to an activating group) is 1. The summed E-state index contributed by atoms with van der Waals surface area (Å²) in [5.41, 5.74) is 1.87. The highest BCUT2D eigenvalue weighted by Gasteiger charge is 2.47. The van der Waals surface area contributed by atoms with Crippen LogP contribution in [0.4, 0.5) is 11.4 Å². The molecule has 1 aromatic carbocycles. The van der Waals surface area contributed by atoms with Gasteiger partial charge in [-0.2, -0.15) is 0 Å². The molecular formula is C20H25N3O4. The first kappa shape index (κ1) is 17.8. The van der Waals surface area contributed by atoms with Crippen molar-refractivity contribution in [1.82, 2.24) is 4.90 Å². The van der Waals surface area contributed by atoms with Crippen molar-refractivity contribution >= 4 is 29.2 Å². The number of hydrogen-bond acceptors (Lipinski definition) is 4. The van der Waals surface area contributed by atoms with E-state index in [1.807, 2.05) is 24.9 Å². The van der Waals surface area contributed by atoms with E-state index in [-0.39, 0.29) is 29.8 Å². The van der Waals surface area contributed by atoms with Gasteiger partial charge in [0.05, 0.1) is 11.4 Å². The smallest absolute Gasteiger partial charge is 0.326 e. The Morgan fingerprint density at radius 3 is 2.70 bits per heavy atom. The number of amides is 2. The molecule has 2 heterocycles. The Labute approximate surface area is 158 Å². The molecule has 0 bridgehead atoms. The van der Waals surface area contributed by atoms with Gasteiger partial charge in [0.1, 0.15) is 12.1 Å². The largest absolute Gasteiger partial charge is 0.480 e. The van der Waals surface area contributed by atoms with Gasteiger partial charge in [0, 0.05) is 18.7 Å². The quantitative estimate of drug-likeness (QED) is 0.833. The number of likely N-dealkylation sites (tertiary alicyclic amines) is 1. The monoisotopic (exact) mass is 371 g/mol. The molecule has 7 heteroatoms. The van der Waals surface area contributed by atoms with Crippen molar-refractivity contribution < 1.29 is 19.5 Å². The number of nitrogens with zero attached hydrogens (tertiary/aromatic N) is 2. The number of carbonyl (C=O) groups is 3. The molecule has 3 aliphatic rings. The van der Waals surface area contributed by atoms with Gasteiger partial charge in [0.15, 0.2) is 0 Å². The van der Waals surface area contributed by atoms with Crippen LogP contribution in [0.2, 0.25) is 0 Å². The molecule has 2 aliphatic heterocycles. The number of rotatable bonds is 2. The Balaban J connectivity index is 1.67. The molecular weight excluding hydrogens is 346 g/mol. The molecule has 144 valence electrons. The van der Waals surface area contributed by atoms with Crippen LogP contribution in [-0.4, -0.2) is 53.0 Å². The summed E-state index contributed by atoms with van der Waals surface area (Å²) in [5, 5.41) is 12.5. The number of benzene rings is 1. The predicted molar refractivity (Wildman–Crippen MR) is 101 cm³/mol. The molecule has 2 fully saturated rings. The van der Waals surface area contributed by atoms with Gasteiger partial charge in [-0.1, -0.05) is 12.8 Å². The van der Waals surface area contributed by atoms with E-state index < -0.39 is 12.0 Å². The second-order valence-electron chi connectivity index (χ2n) is 7.92. The fourth-order valence-corrected chi connectivity index (χ4v) is 4.82. The molecule has 2 amide bonds. The molecule has 0 radical (unpaired) electrons. The van der Waals surface area contributed by atoms with E-state index in [4.69, 9.17) is 0 Å². The van der Waals surface area contributed by atoms with Crippen LogP contribution >= 0.6 is 0 Å². The zero-order chi connectivity index (χ0) is 19.3. The summed E-state index contributed by atoms with van der Waals surface area (Å²) in [5.74, 6) is -1.03. The summed E-state index contributed by atoms with van der Waals surface area (Å²) in [7, 11) is 1.84. The number of hydrogen-bond donors (Lipinski definition) is 2. The lowest BCUT2D eigenvalue weighted by molar-refractivity contribution is -0.141. The molecule has 1 aliphatic carbocycles. The molecule has 4 rings (SSSR count). The summed E-state index contributed by atoms with van der Waals surface area (Å²) in [6.45, 7) is 1.82. The Hall–Kier alpha value is -2.57. The van der Waals surface area contributed by atoms with Crippen LogP contribution in [0.5, 0.6) is 0 Å². The van der Waals surface area contributed by atoms with Gasteiger partial charge in [-0.3, -0.25) is 9.59 Å². The Morgan fingerprint density at radius 2 is 1.96 bits per heavy atom. The summed E-state index contributed by atoms with van der Waals surface area (Å²) < 4.78 is 0. The molecule has 4 unspecified atom stereocenters. The van der Waals surface area contributed by atoms with Crippen LogP contribution in [0.25, 0.3) is 0 Å². The van der Waals surface area contributed by atoms with Crippen LogP contribution < -0.4 is 10.2 Å². The van der Waals surface area contributed by atoms with Crippen molar-refractivity contribution in [1.29, 1.82) is 0 Å². The minimum absolute atomic E-state index is 0.000620. The van der Waals surface area contributed by atoms with E-state index in [1.165, 1.54) is 0 Å². The van der Waals surface area contributed by atoms with Gasteiger partial charge in [-0.15, -0.1) is 0 Å². The Bertz CT molecular complexity index is 808. The molecule has 27 heavy (non-hydrogen) atoms. The zero-order valence-electron chi connectivity index (χ0n) is 15.6. The standard InChI is InChI=1S/C20H25N3O4/c1-11-18(24)21-14-9-13(7-8-16(14)22(11)2)19(25)23-15-6-4-3-5-12(15)10-17(23)20(26)27/h7-9,11-12,15,17H,3-6,10H2,1-2H3,(H,21,24)(H,26,27). The average Bonchev–Trinajstić information content (AvgIpc) is 3.05. The number of anilines is 2. The number of carboxylic acid groups (broad SMARTS) is 1. The van der Waals surface area contributed by atoms with Gasteiger partial charge in [-0.25, -0.2) is 4.79 Å². The van der Waals surface area contributed by atoms with Gasteiger partial charge < -0.3 is 20.2 Å². The van der Waals surface area contributed by atoms with E-state index in [1.54, 1.807) is 17.0 Å². The molecule has 0 spiro atoms. The lowest BCUT2D eigenvalue weighted by Crippen LogP contribution is -2.46. The molecule has 4 atom stereocenters. The number of aliphatic carboxylic acids is 1. The molecule has 1 aromatic rings. The van der Waals surface area contributed by atoms with Crippen molar-refractivity contribution in [3.05, 3.63) is 23.8 Å². The van der Waals surface area contributed by atoms with Crippen LogP contribution in [0, 0.1) is 5.92 Å². The SMILES string of the molecule is CC1C(=O)Nc2cc(C(=O)N3C(C(=O)O)CC4CCCCC43)ccc2N1C. The second-order valence-corrected chi connectivity index (χ2v) is 7.92. The third kappa shape index (κ3) is 2.85. The van der Waals surface area contributed by atoms with Crippen LogP contribution in [0.3, 0.4) is 0 Å². The fraction of sp³-hybridized carbons (Fsp3) is 0.550. The number of nitrogens with one attached hydrogen (secondary N) is 1. The molecule has 0 aromatic heterocycles. The molecule has 1 saturated carbocycles. The first-order valence-electron chi connectivity index (χ1n) is 9.61. The number of carbonyl (C=O) groups excluding carboxylic acids is 2. The number of fused-ring (bicyclic) bond motifs is 2. The third-order valence-corrected chi connectivity index (χ3v) is 6.45. The van der Waals surface area contributed by atoms with Crippen LogP contribution in [-0.2, 0) is 9.59 Å². The highest BCUT2D eigenvalue weighted by molar-refractivity contribution is 6.06. The Morgan fingerprint density at radius 1 is 1.22 bits per heavy atom. The van der Waals surface area contributed by atoms with Crippen LogP contribution in [0.1, 0.15) is 49.4 Å². The van der Waals surface area contributed by atoms with E-state index in [0.717, 1.165) is 31.4 Å². The van der Waals surface area contributed by atoms with Crippen molar-refractivity contribution in [2.24, 2.45) is 5.92 Å². The molecule has 1 saturated heterocycles. The second kappa shape index (κ2) is 6.55. The lowest BCUT2D eigenvalue weighted by atomic mass is 9.84. The third-order valence-electron chi connectivity index (χ3n) is 6.45. The predicted octanol–water partition coefficient (Wildman–Crippen LogP) is 2.32. The maximum Gasteiger partial charge on any atom is 0.326 e. The topological polar surface area (TPSA) is 90.0 Å². The minimum Gasteiger partial charge on any atom is -0.480 e. The van der Waals surface area contributed by atoms with E-state index in [9.17, 15) is 19.5 Å². The normalized spacial score (nSPS) is 29.8. The lowest BCUT2D eigenvalue weighted by Gasteiger charge is -2.35. The van der Waals surface area contributed by atoms with Crippen molar-refractivity contribution in [3.8, 4) is 0 Å². The number of carboxylic acids is 1. The fourth-order valence-electron chi connectivity index (χ4n) is 4.82. The minimum atomic E-state index is -0.933. The maximum atomic E-state index is 13.3. The van der Waals surface area contributed by atoms with E-state index in [2.05, 4.69) is 5.32 Å². The van der Waals surface area contributed by atoms with Gasteiger partial charge in [-0.05, 0) is 50.3 Å². The Kier molecular flexibility index (Phi) is 4.32. The highest BCUT2D eigenvalue weighted by Crippen LogP contribution is 2.41. The molecule has 7 nitrogen and oxygen atoms in total. The van der Waals surface area contributed by atoms with E-state index in [0.29, 0.717) is 17.7 Å². The first-order valence-corrected chi connectivity index (χ1v) is 9.61. The van der Waals surface area contributed by atoms with Crippen molar-refractivity contribution in [2.75, 3.05) is 17.3 Å². The zero-order valence-corrected chi connectivity index (χ0v) is 15.6.